The van der Waals surface area contributed by atoms with Crippen LogP contribution in [-0.2, 0) is 14.4 Å². The lowest BCUT2D eigenvalue weighted by molar-refractivity contribution is -0.150. The van der Waals surface area contributed by atoms with Crippen molar-refractivity contribution in [1.29, 1.82) is 0 Å². The highest BCUT2D eigenvalue weighted by molar-refractivity contribution is 5.94. The molecule has 0 rings (SSSR count). The molecule has 0 saturated heterocycles. The maximum atomic E-state index is 12.5. The summed E-state index contributed by atoms with van der Waals surface area (Å²) in [6.07, 6.45) is 4.35. The fourth-order valence-electron chi connectivity index (χ4n) is 2.39. The van der Waals surface area contributed by atoms with Gasteiger partial charge in [-0.25, -0.2) is 0 Å². The van der Waals surface area contributed by atoms with Gasteiger partial charge in [0.05, 0.1) is 12.8 Å². The minimum Gasteiger partial charge on any atom is -0.379 e. The van der Waals surface area contributed by atoms with E-state index >= 15 is 0 Å². The van der Waals surface area contributed by atoms with Gasteiger partial charge in [0.15, 0.2) is 5.60 Å². The van der Waals surface area contributed by atoms with Crippen LogP contribution in [-0.4, -0.2) is 53.0 Å². The highest BCUT2D eigenvalue weighted by atomic mass is 16.3. The number of nitrogens with two attached hydrogens (primary N) is 1. The summed E-state index contributed by atoms with van der Waals surface area (Å²) in [5.74, 6) is -1.86. The van der Waals surface area contributed by atoms with Crippen molar-refractivity contribution in [1.82, 2.24) is 10.2 Å². The summed E-state index contributed by atoms with van der Waals surface area (Å²) in [4.78, 5) is 37.8. The van der Waals surface area contributed by atoms with E-state index in [0.717, 1.165) is 38.5 Å². The Labute approximate surface area is 151 Å². The van der Waals surface area contributed by atoms with E-state index in [0.29, 0.717) is 19.6 Å². The summed E-state index contributed by atoms with van der Waals surface area (Å²) < 4.78 is 0. The molecule has 7 nitrogen and oxygen atoms in total. The predicted molar refractivity (Wildman–Crippen MR) is 97.7 cm³/mol. The second-order valence-electron chi connectivity index (χ2n) is 6.54. The van der Waals surface area contributed by atoms with E-state index in [2.05, 4.69) is 5.32 Å². The van der Waals surface area contributed by atoms with E-state index in [4.69, 9.17) is 5.73 Å². The minimum absolute atomic E-state index is 0.343. The molecule has 146 valence electrons. The highest BCUT2D eigenvalue weighted by Crippen LogP contribution is 2.18. The molecular formula is C18H35N3O4. The van der Waals surface area contributed by atoms with E-state index in [1.807, 2.05) is 20.8 Å². The Bertz CT molecular complexity index is 421. The molecule has 0 bridgehead atoms. The highest BCUT2D eigenvalue weighted by Gasteiger charge is 2.39. The summed E-state index contributed by atoms with van der Waals surface area (Å²) in [7, 11) is 0. The number of hydrogen-bond donors (Lipinski definition) is 3. The average Bonchev–Trinajstić information content (AvgIpc) is 2.54. The van der Waals surface area contributed by atoms with Crippen LogP contribution in [0.4, 0.5) is 0 Å². The molecular weight excluding hydrogens is 322 g/mol. The van der Waals surface area contributed by atoms with Crippen LogP contribution in [0, 0.1) is 0 Å². The minimum atomic E-state index is -2.15. The summed E-state index contributed by atoms with van der Waals surface area (Å²) >= 11 is 0. The topological polar surface area (TPSA) is 113 Å². The van der Waals surface area contributed by atoms with Crippen molar-refractivity contribution in [3.8, 4) is 0 Å². The van der Waals surface area contributed by atoms with E-state index in [9.17, 15) is 19.5 Å². The number of primary amides is 1. The summed E-state index contributed by atoms with van der Waals surface area (Å²) in [5, 5.41) is 13.1. The molecule has 0 spiro atoms. The van der Waals surface area contributed by atoms with Crippen LogP contribution in [0.1, 0.15) is 72.1 Å². The maximum Gasteiger partial charge on any atom is 0.250 e. The zero-order chi connectivity index (χ0) is 19.3. The predicted octanol–water partition coefficient (Wildman–Crippen LogP) is 1.33. The molecule has 0 fully saturated rings. The van der Waals surface area contributed by atoms with Gasteiger partial charge in [0.2, 0.25) is 17.7 Å². The van der Waals surface area contributed by atoms with Gasteiger partial charge in [-0.05, 0) is 19.3 Å². The van der Waals surface area contributed by atoms with Crippen LogP contribution in [0.2, 0.25) is 0 Å². The van der Waals surface area contributed by atoms with Crippen LogP contribution in [0.3, 0.4) is 0 Å². The van der Waals surface area contributed by atoms with Gasteiger partial charge in [0.1, 0.15) is 0 Å². The monoisotopic (exact) mass is 357 g/mol. The van der Waals surface area contributed by atoms with Gasteiger partial charge in [-0.3, -0.25) is 14.4 Å². The van der Waals surface area contributed by atoms with Gasteiger partial charge in [-0.1, -0.05) is 40.0 Å². The number of rotatable bonds is 14. The first-order chi connectivity index (χ1) is 11.8. The van der Waals surface area contributed by atoms with E-state index in [-0.39, 0.29) is 5.91 Å². The molecule has 0 aromatic carbocycles. The van der Waals surface area contributed by atoms with Crippen LogP contribution in [0.5, 0.6) is 0 Å². The van der Waals surface area contributed by atoms with Crippen molar-refractivity contribution in [2.75, 3.05) is 19.6 Å². The van der Waals surface area contributed by atoms with E-state index < -0.39 is 30.3 Å². The number of amides is 3. The Hall–Kier alpha value is -1.63. The fraction of sp³-hybridized carbons (Fsp3) is 0.833. The van der Waals surface area contributed by atoms with Gasteiger partial charge in [-0.2, -0.15) is 0 Å². The van der Waals surface area contributed by atoms with E-state index in [1.165, 1.54) is 0 Å². The van der Waals surface area contributed by atoms with Crippen molar-refractivity contribution in [3.63, 3.8) is 0 Å². The van der Waals surface area contributed by atoms with Crippen molar-refractivity contribution in [3.05, 3.63) is 0 Å². The quantitative estimate of drug-likeness (QED) is 0.407. The Kier molecular flexibility index (Phi) is 11.9. The first kappa shape index (κ1) is 23.4. The lowest BCUT2D eigenvalue weighted by Gasteiger charge is -2.28. The molecule has 0 aliphatic rings. The molecule has 4 N–H and O–H groups in total. The van der Waals surface area contributed by atoms with Crippen molar-refractivity contribution in [2.24, 2.45) is 5.73 Å². The Morgan fingerprint density at radius 1 is 0.960 bits per heavy atom. The third-order valence-electron chi connectivity index (χ3n) is 4.12. The molecule has 0 aromatic rings. The number of aliphatic hydroxyl groups is 1. The van der Waals surface area contributed by atoms with Crippen LogP contribution < -0.4 is 11.1 Å². The largest absolute Gasteiger partial charge is 0.379 e. The van der Waals surface area contributed by atoms with Gasteiger partial charge >= 0.3 is 0 Å². The molecule has 3 amide bonds. The normalized spacial score (nSPS) is 13.1. The Morgan fingerprint density at radius 2 is 1.48 bits per heavy atom. The Balaban J connectivity index is 4.89. The molecule has 1 unspecified atom stereocenters. The van der Waals surface area contributed by atoms with Gasteiger partial charge in [-0.15, -0.1) is 0 Å². The van der Waals surface area contributed by atoms with Gasteiger partial charge < -0.3 is 21.1 Å². The zero-order valence-corrected chi connectivity index (χ0v) is 16.0. The molecule has 0 aromatic heterocycles. The summed E-state index contributed by atoms with van der Waals surface area (Å²) in [5.41, 5.74) is 3.13. The SMILES string of the molecule is CCCCNC(=O)CC(O)(CC(=O)N(CCCC)CCCC)C(N)=O. The number of unbranched alkanes of at least 4 members (excludes halogenated alkanes) is 3. The molecule has 7 heteroatoms. The number of nitrogens with zero attached hydrogens (tertiary/aromatic N) is 1. The molecule has 0 saturated carbocycles. The van der Waals surface area contributed by atoms with Gasteiger partial charge in [0, 0.05) is 19.6 Å². The van der Waals surface area contributed by atoms with Gasteiger partial charge in [0.25, 0.3) is 0 Å². The smallest absolute Gasteiger partial charge is 0.250 e. The lowest BCUT2D eigenvalue weighted by Crippen LogP contribution is -2.51. The van der Waals surface area contributed by atoms with Crippen molar-refractivity contribution >= 4 is 17.7 Å². The first-order valence-corrected chi connectivity index (χ1v) is 9.37. The number of carbonyl (C=O) groups excluding carboxylic acids is 3. The number of carbonyl (C=O) groups is 3. The van der Waals surface area contributed by atoms with Crippen molar-refractivity contribution in [2.45, 2.75) is 77.7 Å². The number of nitrogens with one attached hydrogen (secondary N) is 1. The standard InChI is InChI=1S/C18H35N3O4/c1-4-7-10-20-15(22)13-18(25,17(19)24)14-16(23)21(11-8-5-2)12-9-6-3/h25H,4-14H2,1-3H3,(H2,19,24)(H,20,22). The second-order valence-corrected chi connectivity index (χ2v) is 6.54. The maximum absolute atomic E-state index is 12.5. The molecule has 0 aliphatic heterocycles. The molecule has 0 heterocycles. The molecule has 25 heavy (non-hydrogen) atoms. The third-order valence-corrected chi connectivity index (χ3v) is 4.12. The number of hydrogen-bond acceptors (Lipinski definition) is 4. The Morgan fingerprint density at radius 3 is 1.92 bits per heavy atom. The average molecular weight is 357 g/mol. The third kappa shape index (κ3) is 9.43. The second kappa shape index (κ2) is 12.7. The van der Waals surface area contributed by atoms with Crippen molar-refractivity contribution < 1.29 is 19.5 Å². The zero-order valence-electron chi connectivity index (χ0n) is 16.0. The molecule has 1 atom stereocenters. The van der Waals surface area contributed by atoms with Crippen LogP contribution >= 0.6 is 0 Å². The summed E-state index contributed by atoms with van der Waals surface area (Å²) in [6, 6.07) is 0. The van der Waals surface area contributed by atoms with Crippen LogP contribution in [0.15, 0.2) is 0 Å². The van der Waals surface area contributed by atoms with Crippen LogP contribution in [0.25, 0.3) is 0 Å². The summed E-state index contributed by atoms with van der Waals surface area (Å²) in [6.45, 7) is 7.68. The molecule has 0 aliphatic carbocycles. The molecule has 0 radical (unpaired) electrons. The lowest BCUT2D eigenvalue weighted by atomic mass is 9.93. The first-order valence-electron chi connectivity index (χ1n) is 9.37. The fourth-order valence-corrected chi connectivity index (χ4v) is 2.39. The van der Waals surface area contributed by atoms with E-state index in [1.54, 1.807) is 4.90 Å².